The number of hydrogen-bond acceptors (Lipinski definition) is 6. The number of anilines is 2. The van der Waals surface area contributed by atoms with Gasteiger partial charge in [-0.05, 0) is 41.8 Å². The van der Waals surface area contributed by atoms with E-state index in [1.165, 1.54) is 33.9 Å². The van der Waals surface area contributed by atoms with Gasteiger partial charge in [-0.2, -0.15) is 0 Å². The summed E-state index contributed by atoms with van der Waals surface area (Å²) in [6.45, 7) is 1.81. The van der Waals surface area contributed by atoms with Crippen LogP contribution in [0.4, 0.5) is 20.6 Å². The molecule has 1 saturated heterocycles. The standard InChI is InChI=1S/C23H21FN4O2S/c24-20-12-18(6-7-21(20)27-11-8-16-4-1-2-5-17(16)13-27)28-14-19(30-23(28)29)15-31-22-25-9-3-10-26-22/h1-7,9-10,12,19H,8,11,13-15H2. The molecular weight excluding hydrogens is 415 g/mol. The molecule has 2 aliphatic heterocycles. The van der Waals surface area contributed by atoms with Crippen molar-refractivity contribution in [3.8, 4) is 0 Å². The highest BCUT2D eigenvalue weighted by Crippen LogP contribution is 2.31. The number of cyclic esters (lactones) is 1. The number of carbonyl (C=O) groups is 1. The summed E-state index contributed by atoms with van der Waals surface area (Å²) >= 11 is 1.43. The van der Waals surface area contributed by atoms with Gasteiger partial charge in [-0.1, -0.05) is 36.0 Å². The molecule has 0 radical (unpaired) electrons. The van der Waals surface area contributed by atoms with Gasteiger partial charge in [-0.25, -0.2) is 19.2 Å². The Kier molecular flexibility index (Phi) is 5.46. The Morgan fingerprint density at radius 3 is 2.71 bits per heavy atom. The van der Waals surface area contributed by atoms with Gasteiger partial charge in [0.1, 0.15) is 11.9 Å². The van der Waals surface area contributed by atoms with Crippen LogP contribution in [0, 0.1) is 5.82 Å². The van der Waals surface area contributed by atoms with E-state index in [-0.39, 0.29) is 11.9 Å². The highest BCUT2D eigenvalue weighted by Gasteiger charge is 2.33. The number of fused-ring (bicyclic) bond motifs is 1. The topological polar surface area (TPSA) is 58.6 Å². The number of halogens is 1. The first kappa shape index (κ1) is 19.8. The van der Waals surface area contributed by atoms with E-state index in [0.29, 0.717) is 35.4 Å². The summed E-state index contributed by atoms with van der Waals surface area (Å²) in [5.74, 6) is 0.209. The number of hydrogen-bond donors (Lipinski definition) is 0. The normalized spacial score (nSPS) is 18.1. The van der Waals surface area contributed by atoms with E-state index in [4.69, 9.17) is 4.74 Å². The molecule has 6 nitrogen and oxygen atoms in total. The van der Waals surface area contributed by atoms with Crippen molar-refractivity contribution in [1.82, 2.24) is 9.97 Å². The first-order valence-electron chi connectivity index (χ1n) is 10.2. The Morgan fingerprint density at radius 1 is 1.10 bits per heavy atom. The number of aromatic nitrogens is 2. The molecule has 1 unspecified atom stereocenters. The van der Waals surface area contributed by atoms with Gasteiger partial charge in [-0.15, -0.1) is 0 Å². The zero-order valence-electron chi connectivity index (χ0n) is 16.8. The average Bonchev–Trinajstić information content (AvgIpc) is 3.18. The number of benzene rings is 2. The molecule has 31 heavy (non-hydrogen) atoms. The zero-order chi connectivity index (χ0) is 21.2. The molecule has 0 bridgehead atoms. The van der Waals surface area contributed by atoms with E-state index in [0.717, 1.165) is 13.0 Å². The maximum Gasteiger partial charge on any atom is 0.414 e. The molecule has 0 saturated carbocycles. The Morgan fingerprint density at radius 2 is 1.90 bits per heavy atom. The highest BCUT2D eigenvalue weighted by atomic mass is 32.2. The van der Waals surface area contributed by atoms with Crippen LogP contribution in [0.2, 0.25) is 0 Å². The minimum Gasteiger partial charge on any atom is -0.443 e. The number of carbonyl (C=O) groups excluding carboxylic acids is 1. The molecule has 158 valence electrons. The zero-order valence-corrected chi connectivity index (χ0v) is 17.6. The Hall–Kier alpha value is -3.13. The first-order chi connectivity index (χ1) is 15.2. The van der Waals surface area contributed by atoms with Gasteiger partial charge in [0, 0.05) is 31.2 Å². The molecule has 1 fully saturated rings. The summed E-state index contributed by atoms with van der Waals surface area (Å²) in [6, 6.07) is 15.0. The highest BCUT2D eigenvalue weighted by molar-refractivity contribution is 7.99. The maximum atomic E-state index is 15.0. The van der Waals surface area contributed by atoms with Gasteiger partial charge >= 0.3 is 6.09 Å². The fraction of sp³-hybridized carbons (Fsp3) is 0.261. The van der Waals surface area contributed by atoms with E-state index in [2.05, 4.69) is 22.1 Å². The van der Waals surface area contributed by atoms with E-state index in [9.17, 15) is 4.79 Å². The fourth-order valence-electron chi connectivity index (χ4n) is 3.97. The predicted molar refractivity (Wildman–Crippen MR) is 118 cm³/mol. The molecule has 5 rings (SSSR count). The van der Waals surface area contributed by atoms with Crippen LogP contribution in [0.5, 0.6) is 0 Å². The maximum absolute atomic E-state index is 15.0. The molecule has 3 heterocycles. The van der Waals surface area contributed by atoms with Crippen molar-refractivity contribution in [3.63, 3.8) is 0 Å². The molecule has 0 N–H and O–H groups in total. The molecule has 0 spiro atoms. The van der Waals surface area contributed by atoms with Gasteiger partial charge in [0.05, 0.1) is 17.9 Å². The Balaban J connectivity index is 1.26. The summed E-state index contributed by atoms with van der Waals surface area (Å²) < 4.78 is 20.5. The number of ether oxygens (including phenoxy) is 1. The van der Waals surface area contributed by atoms with Crippen molar-refractivity contribution in [2.45, 2.75) is 24.2 Å². The lowest BCUT2D eigenvalue weighted by Crippen LogP contribution is -2.31. The molecule has 3 aromatic rings. The monoisotopic (exact) mass is 436 g/mol. The smallest absolute Gasteiger partial charge is 0.414 e. The number of thioether (sulfide) groups is 1. The third-order valence-corrected chi connectivity index (χ3v) is 6.54. The number of amides is 1. The Labute approximate surface area is 184 Å². The SMILES string of the molecule is O=C1OC(CSc2ncccn2)CN1c1ccc(N2CCc3ccccc3C2)c(F)c1. The lowest BCUT2D eigenvalue weighted by atomic mass is 9.99. The predicted octanol–water partition coefficient (Wildman–Crippen LogP) is 4.30. The molecule has 1 atom stereocenters. The average molecular weight is 437 g/mol. The van der Waals surface area contributed by atoms with Crippen LogP contribution in [0.25, 0.3) is 0 Å². The minimum absolute atomic E-state index is 0.303. The molecule has 1 aromatic heterocycles. The second kappa shape index (κ2) is 8.55. The van der Waals surface area contributed by atoms with Crippen LogP contribution in [0.15, 0.2) is 66.1 Å². The summed E-state index contributed by atoms with van der Waals surface area (Å²) in [6.07, 6.45) is 3.47. The number of nitrogens with zero attached hydrogens (tertiary/aromatic N) is 4. The van der Waals surface area contributed by atoms with Crippen molar-refractivity contribution in [2.24, 2.45) is 0 Å². The van der Waals surface area contributed by atoms with Crippen LogP contribution in [0.1, 0.15) is 11.1 Å². The van der Waals surface area contributed by atoms with Gasteiger partial charge in [0.15, 0.2) is 5.16 Å². The van der Waals surface area contributed by atoms with Crippen molar-refractivity contribution in [2.75, 3.05) is 28.6 Å². The van der Waals surface area contributed by atoms with Crippen LogP contribution >= 0.6 is 11.8 Å². The molecule has 0 aliphatic carbocycles. The summed E-state index contributed by atoms with van der Waals surface area (Å²) in [5, 5.41) is 0.635. The second-order valence-electron chi connectivity index (χ2n) is 7.53. The van der Waals surface area contributed by atoms with Crippen molar-refractivity contribution in [1.29, 1.82) is 0 Å². The summed E-state index contributed by atoms with van der Waals surface area (Å²) in [5.41, 5.74) is 3.61. The summed E-state index contributed by atoms with van der Waals surface area (Å²) in [7, 11) is 0. The first-order valence-corrected chi connectivity index (χ1v) is 11.2. The summed E-state index contributed by atoms with van der Waals surface area (Å²) in [4.78, 5) is 24.2. The van der Waals surface area contributed by atoms with E-state index in [1.54, 1.807) is 30.6 Å². The van der Waals surface area contributed by atoms with Gasteiger partial charge in [0.25, 0.3) is 0 Å². The quantitative estimate of drug-likeness (QED) is 0.439. The molecular formula is C23H21FN4O2S. The second-order valence-corrected chi connectivity index (χ2v) is 8.52. The van der Waals surface area contributed by atoms with Gasteiger partial charge < -0.3 is 9.64 Å². The van der Waals surface area contributed by atoms with E-state index < -0.39 is 6.09 Å². The van der Waals surface area contributed by atoms with E-state index >= 15 is 4.39 Å². The van der Waals surface area contributed by atoms with Crippen LogP contribution in [-0.4, -0.2) is 41.0 Å². The third-order valence-electron chi connectivity index (χ3n) is 5.53. The van der Waals surface area contributed by atoms with Crippen LogP contribution in [-0.2, 0) is 17.7 Å². The Bertz CT molecular complexity index is 1100. The van der Waals surface area contributed by atoms with E-state index in [1.807, 2.05) is 17.0 Å². The molecule has 2 aliphatic rings. The van der Waals surface area contributed by atoms with Crippen molar-refractivity contribution in [3.05, 3.63) is 77.9 Å². The molecule has 8 heteroatoms. The van der Waals surface area contributed by atoms with Gasteiger partial charge in [0.2, 0.25) is 0 Å². The number of rotatable bonds is 5. The van der Waals surface area contributed by atoms with Gasteiger partial charge in [-0.3, -0.25) is 4.90 Å². The largest absolute Gasteiger partial charge is 0.443 e. The lowest BCUT2D eigenvalue weighted by molar-refractivity contribution is 0.151. The molecule has 2 aromatic carbocycles. The van der Waals surface area contributed by atoms with Crippen molar-refractivity contribution < 1.29 is 13.9 Å². The lowest BCUT2D eigenvalue weighted by Gasteiger charge is -2.31. The fourth-order valence-corrected chi connectivity index (χ4v) is 4.75. The van der Waals surface area contributed by atoms with Crippen LogP contribution < -0.4 is 9.80 Å². The molecule has 1 amide bonds. The third kappa shape index (κ3) is 4.20. The van der Waals surface area contributed by atoms with Crippen molar-refractivity contribution >= 4 is 29.2 Å². The van der Waals surface area contributed by atoms with Crippen LogP contribution in [0.3, 0.4) is 0 Å². The minimum atomic E-state index is -0.460.